The molecule has 2 unspecified atom stereocenters. The minimum absolute atomic E-state index is 0.325. The van der Waals surface area contributed by atoms with E-state index in [-0.39, 0.29) is 0 Å². The summed E-state index contributed by atoms with van der Waals surface area (Å²) in [5.41, 5.74) is 0.858. The molecule has 4 nitrogen and oxygen atoms in total. The predicted molar refractivity (Wildman–Crippen MR) is 76.9 cm³/mol. The van der Waals surface area contributed by atoms with Crippen LogP contribution in [0.4, 0.5) is 0 Å². The fourth-order valence-electron chi connectivity index (χ4n) is 2.16. The molecule has 1 aliphatic heterocycles. The second-order valence-corrected chi connectivity index (χ2v) is 5.20. The molecule has 0 bridgehead atoms. The molecule has 1 aromatic rings. The molecule has 4 heteroatoms. The van der Waals surface area contributed by atoms with Crippen LogP contribution < -0.4 is 4.74 Å². The highest BCUT2D eigenvalue weighted by Crippen LogP contribution is 2.19. The van der Waals surface area contributed by atoms with Crippen LogP contribution in [-0.4, -0.2) is 38.1 Å². The third-order valence-electron chi connectivity index (χ3n) is 3.39. The molecule has 1 aromatic carbocycles. The number of ether oxygens (including phenoxy) is 3. The Morgan fingerprint density at radius 3 is 2.80 bits per heavy atom. The van der Waals surface area contributed by atoms with Gasteiger partial charge in [0.2, 0.25) is 0 Å². The van der Waals surface area contributed by atoms with Crippen LogP contribution >= 0.6 is 0 Å². The van der Waals surface area contributed by atoms with Crippen molar-refractivity contribution in [1.82, 2.24) is 0 Å². The fraction of sp³-hybridized carbons (Fsp3) is 0.625. The third kappa shape index (κ3) is 4.78. The zero-order chi connectivity index (χ0) is 14.2. The Labute approximate surface area is 120 Å². The summed E-state index contributed by atoms with van der Waals surface area (Å²) >= 11 is 0. The summed E-state index contributed by atoms with van der Waals surface area (Å²) in [6.07, 6.45) is 1.46. The zero-order valence-corrected chi connectivity index (χ0v) is 12.1. The first-order valence-corrected chi connectivity index (χ1v) is 7.36. The van der Waals surface area contributed by atoms with E-state index in [0.717, 1.165) is 37.4 Å². The average molecular weight is 280 g/mol. The zero-order valence-electron chi connectivity index (χ0n) is 12.1. The largest absolute Gasteiger partial charge is 0.494 e. The first-order valence-electron chi connectivity index (χ1n) is 7.36. The van der Waals surface area contributed by atoms with Crippen LogP contribution in [0.2, 0.25) is 0 Å². The molecular weight excluding hydrogens is 256 g/mol. The van der Waals surface area contributed by atoms with E-state index in [1.807, 2.05) is 24.3 Å². The van der Waals surface area contributed by atoms with E-state index in [0.29, 0.717) is 25.7 Å². The number of rotatable bonds is 8. The number of hydrogen-bond acceptors (Lipinski definition) is 4. The molecule has 0 saturated carbocycles. The highest BCUT2D eigenvalue weighted by molar-refractivity contribution is 5.28. The van der Waals surface area contributed by atoms with E-state index >= 15 is 0 Å². The molecule has 0 aromatic heterocycles. The minimum Gasteiger partial charge on any atom is -0.494 e. The Morgan fingerprint density at radius 1 is 1.35 bits per heavy atom. The standard InChI is InChI=1S/C16H24O4/c1-2-8-20-15-5-3-14(4-6-15)16(17)12-19-11-13-7-9-18-10-13/h3-6,13,16-17H,2,7-12H2,1H3. The van der Waals surface area contributed by atoms with Crippen molar-refractivity contribution in [3.63, 3.8) is 0 Å². The Bertz CT molecular complexity index is 371. The van der Waals surface area contributed by atoms with Gasteiger partial charge >= 0.3 is 0 Å². The van der Waals surface area contributed by atoms with Gasteiger partial charge in [0.05, 0.1) is 26.4 Å². The van der Waals surface area contributed by atoms with Gasteiger partial charge in [-0.2, -0.15) is 0 Å². The first kappa shape index (κ1) is 15.3. The molecule has 20 heavy (non-hydrogen) atoms. The van der Waals surface area contributed by atoms with Gasteiger partial charge in [-0.3, -0.25) is 0 Å². The van der Waals surface area contributed by atoms with Crippen molar-refractivity contribution >= 4 is 0 Å². The van der Waals surface area contributed by atoms with Crippen molar-refractivity contribution in [3.05, 3.63) is 29.8 Å². The van der Waals surface area contributed by atoms with Crippen LogP contribution in [0.15, 0.2) is 24.3 Å². The molecule has 1 saturated heterocycles. The van der Waals surface area contributed by atoms with Crippen LogP contribution in [0.3, 0.4) is 0 Å². The van der Waals surface area contributed by atoms with Gasteiger partial charge in [-0.15, -0.1) is 0 Å². The van der Waals surface area contributed by atoms with Gasteiger partial charge < -0.3 is 19.3 Å². The van der Waals surface area contributed by atoms with Gasteiger partial charge in [0.25, 0.3) is 0 Å². The molecular formula is C16H24O4. The van der Waals surface area contributed by atoms with Crippen LogP contribution in [0, 0.1) is 5.92 Å². The lowest BCUT2D eigenvalue weighted by Gasteiger charge is -2.14. The van der Waals surface area contributed by atoms with Crippen LogP contribution in [0.1, 0.15) is 31.4 Å². The maximum atomic E-state index is 10.1. The second kappa shape index (κ2) is 8.25. The summed E-state index contributed by atoms with van der Waals surface area (Å²) in [6.45, 7) is 5.38. The summed E-state index contributed by atoms with van der Waals surface area (Å²) in [4.78, 5) is 0. The molecule has 0 aliphatic carbocycles. The topological polar surface area (TPSA) is 47.9 Å². The molecule has 0 spiro atoms. The summed E-state index contributed by atoms with van der Waals surface area (Å²) in [6, 6.07) is 7.55. The van der Waals surface area contributed by atoms with Gasteiger partial charge in [0, 0.05) is 12.5 Å². The van der Waals surface area contributed by atoms with Crippen molar-refractivity contribution in [3.8, 4) is 5.75 Å². The quantitative estimate of drug-likeness (QED) is 0.795. The van der Waals surface area contributed by atoms with Gasteiger partial charge in [0.15, 0.2) is 0 Å². The number of benzene rings is 1. The summed E-state index contributed by atoms with van der Waals surface area (Å²) in [7, 11) is 0. The van der Waals surface area contributed by atoms with Crippen LogP contribution in [0.25, 0.3) is 0 Å². The lowest BCUT2D eigenvalue weighted by molar-refractivity contribution is 0.0185. The minimum atomic E-state index is -0.586. The van der Waals surface area contributed by atoms with Crippen LogP contribution in [0.5, 0.6) is 5.75 Å². The maximum Gasteiger partial charge on any atom is 0.119 e. The highest BCUT2D eigenvalue weighted by atomic mass is 16.5. The molecule has 1 N–H and O–H groups in total. The second-order valence-electron chi connectivity index (χ2n) is 5.20. The fourth-order valence-corrected chi connectivity index (χ4v) is 2.16. The molecule has 1 fully saturated rings. The van der Waals surface area contributed by atoms with Crippen molar-refractivity contribution in [1.29, 1.82) is 0 Å². The molecule has 1 aliphatic rings. The first-order chi connectivity index (χ1) is 9.79. The van der Waals surface area contributed by atoms with E-state index in [1.165, 1.54) is 0 Å². The summed E-state index contributed by atoms with van der Waals surface area (Å²) in [5, 5.41) is 10.1. The van der Waals surface area contributed by atoms with Crippen LogP contribution in [-0.2, 0) is 9.47 Å². The highest BCUT2D eigenvalue weighted by Gasteiger charge is 2.16. The van der Waals surface area contributed by atoms with Crippen molar-refractivity contribution in [2.24, 2.45) is 5.92 Å². The smallest absolute Gasteiger partial charge is 0.119 e. The van der Waals surface area contributed by atoms with Crippen molar-refractivity contribution < 1.29 is 19.3 Å². The number of hydrogen-bond donors (Lipinski definition) is 1. The monoisotopic (exact) mass is 280 g/mol. The van der Waals surface area contributed by atoms with E-state index in [9.17, 15) is 5.11 Å². The lowest BCUT2D eigenvalue weighted by Crippen LogP contribution is -2.14. The molecule has 0 radical (unpaired) electrons. The average Bonchev–Trinajstić information content (AvgIpc) is 2.99. The summed E-state index contributed by atoms with van der Waals surface area (Å²) in [5.74, 6) is 1.32. The maximum absolute atomic E-state index is 10.1. The number of aliphatic hydroxyl groups is 1. The van der Waals surface area contributed by atoms with Gasteiger partial charge in [-0.1, -0.05) is 19.1 Å². The Balaban J connectivity index is 1.72. The SMILES string of the molecule is CCCOc1ccc(C(O)COCC2CCOC2)cc1. The normalized spacial score (nSPS) is 20.0. The molecule has 1 heterocycles. The van der Waals surface area contributed by atoms with Gasteiger partial charge in [-0.25, -0.2) is 0 Å². The Hall–Kier alpha value is -1.10. The summed E-state index contributed by atoms with van der Waals surface area (Å²) < 4.78 is 16.4. The number of aliphatic hydroxyl groups excluding tert-OH is 1. The lowest BCUT2D eigenvalue weighted by atomic mass is 10.1. The van der Waals surface area contributed by atoms with E-state index in [2.05, 4.69) is 6.92 Å². The molecule has 2 atom stereocenters. The molecule has 2 rings (SSSR count). The van der Waals surface area contributed by atoms with E-state index in [1.54, 1.807) is 0 Å². The van der Waals surface area contributed by atoms with E-state index < -0.39 is 6.10 Å². The predicted octanol–water partition coefficient (Wildman–Crippen LogP) is 2.56. The Morgan fingerprint density at radius 2 is 2.15 bits per heavy atom. The molecule has 112 valence electrons. The molecule has 0 amide bonds. The third-order valence-corrected chi connectivity index (χ3v) is 3.39. The van der Waals surface area contributed by atoms with E-state index in [4.69, 9.17) is 14.2 Å². The Kier molecular flexibility index (Phi) is 6.30. The van der Waals surface area contributed by atoms with Crippen molar-refractivity contribution in [2.45, 2.75) is 25.9 Å². The van der Waals surface area contributed by atoms with Crippen molar-refractivity contribution in [2.75, 3.05) is 33.0 Å². The van der Waals surface area contributed by atoms with Gasteiger partial charge in [0.1, 0.15) is 11.9 Å². The van der Waals surface area contributed by atoms with Gasteiger partial charge in [-0.05, 0) is 30.5 Å².